The Hall–Kier alpha value is -0.900. The molecule has 0 saturated carbocycles. The Morgan fingerprint density at radius 3 is 2.67 bits per heavy atom. The number of hydrogen-bond acceptors (Lipinski definition) is 4. The molecule has 0 heterocycles. The van der Waals surface area contributed by atoms with Gasteiger partial charge in [-0.25, -0.2) is 4.79 Å². The van der Waals surface area contributed by atoms with Crippen molar-refractivity contribution in [3.63, 3.8) is 0 Å². The van der Waals surface area contributed by atoms with E-state index >= 15 is 0 Å². The van der Waals surface area contributed by atoms with Crippen molar-refractivity contribution in [2.45, 2.75) is 6.04 Å². The number of aliphatic hydroxyl groups is 1. The third-order valence-corrected chi connectivity index (χ3v) is 0.867. The largest absolute Gasteiger partial charge is 0.467 e. The van der Waals surface area contributed by atoms with Crippen molar-refractivity contribution >= 4 is 12.7 Å². The standard InChI is InChI=1S/C5H9NO3/c1-6-4(3-7)5(8)9-2/h4,7H,1,3H2,2H3/t4-/m0/s1. The number of methoxy groups -OCH3 is 1. The Balaban J connectivity index is 3.78. The quantitative estimate of drug-likeness (QED) is 0.404. The van der Waals surface area contributed by atoms with Gasteiger partial charge in [-0.2, -0.15) is 0 Å². The fourth-order valence-corrected chi connectivity index (χ4v) is 0.343. The maximum atomic E-state index is 10.5. The fourth-order valence-electron chi connectivity index (χ4n) is 0.343. The molecule has 0 spiro atoms. The zero-order valence-corrected chi connectivity index (χ0v) is 5.20. The Morgan fingerprint density at radius 1 is 2.00 bits per heavy atom. The van der Waals surface area contributed by atoms with Gasteiger partial charge in [0, 0.05) is 0 Å². The van der Waals surface area contributed by atoms with E-state index in [9.17, 15) is 4.79 Å². The van der Waals surface area contributed by atoms with Gasteiger partial charge >= 0.3 is 5.97 Å². The van der Waals surface area contributed by atoms with Gasteiger partial charge in [-0.3, -0.25) is 4.99 Å². The number of esters is 1. The van der Waals surface area contributed by atoms with Gasteiger partial charge in [-0.15, -0.1) is 0 Å². The third kappa shape index (κ3) is 2.23. The Kier molecular flexibility index (Phi) is 3.62. The number of nitrogens with zero attached hydrogens (tertiary/aromatic N) is 1. The minimum Gasteiger partial charge on any atom is -0.467 e. The summed E-state index contributed by atoms with van der Waals surface area (Å²) in [5.74, 6) is -0.563. The highest BCUT2D eigenvalue weighted by Gasteiger charge is 2.13. The molecule has 4 nitrogen and oxygen atoms in total. The van der Waals surface area contributed by atoms with Crippen molar-refractivity contribution in [1.82, 2.24) is 0 Å². The number of hydrogen-bond donors (Lipinski definition) is 1. The van der Waals surface area contributed by atoms with Crippen LogP contribution in [0.2, 0.25) is 0 Å². The number of ether oxygens (including phenoxy) is 1. The van der Waals surface area contributed by atoms with E-state index in [4.69, 9.17) is 5.11 Å². The molecular formula is C5H9NO3. The van der Waals surface area contributed by atoms with Crippen molar-refractivity contribution in [2.24, 2.45) is 4.99 Å². The zero-order valence-electron chi connectivity index (χ0n) is 5.20. The highest BCUT2D eigenvalue weighted by molar-refractivity contribution is 5.76. The second-order valence-electron chi connectivity index (χ2n) is 1.40. The van der Waals surface area contributed by atoms with E-state index in [0.29, 0.717) is 0 Å². The zero-order chi connectivity index (χ0) is 7.28. The summed E-state index contributed by atoms with van der Waals surface area (Å²) < 4.78 is 4.26. The highest BCUT2D eigenvalue weighted by atomic mass is 16.5. The van der Waals surface area contributed by atoms with Gasteiger partial charge in [0.05, 0.1) is 13.7 Å². The number of aliphatic imine (C=N–C) groups is 1. The predicted octanol–water partition coefficient (Wildman–Crippen LogP) is -0.779. The molecule has 0 aliphatic carbocycles. The van der Waals surface area contributed by atoms with Crippen LogP contribution in [0.25, 0.3) is 0 Å². The summed E-state index contributed by atoms with van der Waals surface area (Å²) >= 11 is 0. The smallest absolute Gasteiger partial charge is 0.332 e. The third-order valence-electron chi connectivity index (χ3n) is 0.867. The van der Waals surface area contributed by atoms with Crippen molar-refractivity contribution in [2.75, 3.05) is 13.7 Å². The van der Waals surface area contributed by atoms with Crippen LogP contribution in [0.4, 0.5) is 0 Å². The van der Waals surface area contributed by atoms with E-state index in [1.165, 1.54) is 7.11 Å². The van der Waals surface area contributed by atoms with E-state index in [2.05, 4.69) is 16.4 Å². The van der Waals surface area contributed by atoms with Gasteiger partial charge in [-0.05, 0) is 6.72 Å². The molecule has 0 amide bonds. The van der Waals surface area contributed by atoms with Crippen molar-refractivity contribution in [3.8, 4) is 0 Å². The average molecular weight is 131 g/mol. The lowest BCUT2D eigenvalue weighted by molar-refractivity contribution is -0.142. The molecule has 9 heavy (non-hydrogen) atoms. The lowest BCUT2D eigenvalue weighted by atomic mass is 10.3. The molecule has 0 bridgehead atoms. The number of carbonyl (C=O) groups is 1. The summed E-state index contributed by atoms with van der Waals surface area (Å²) in [7, 11) is 1.23. The Morgan fingerprint density at radius 2 is 2.56 bits per heavy atom. The molecule has 4 heteroatoms. The molecule has 0 aliphatic rings. The normalized spacial score (nSPS) is 12.2. The van der Waals surface area contributed by atoms with Gasteiger partial charge in [0.25, 0.3) is 0 Å². The second-order valence-corrected chi connectivity index (χ2v) is 1.40. The molecule has 0 saturated heterocycles. The second kappa shape index (κ2) is 4.03. The molecule has 0 rings (SSSR count). The van der Waals surface area contributed by atoms with Crippen LogP contribution >= 0.6 is 0 Å². The summed E-state index contributed by atoms with van der Waals surface area (Å²) in [6.45, 7) is 2.74. The molecule has 0 fully saturated rings. The van der Waals surface area contributed by atoms with Crippen LogP contribution in [-0.2, 0) is 9.53 Å². The van der Waals surface area contributed by atoms with Gasteiger partial charge in [-0.1, -0.05) is 0 Å². The first-order chi connectivity index (χ1) is 4.26. The van der Waals surface area contributed by atoms with Crippen molar-refractivity contribution in [1.29, 1.82) is 0 Å². The summed E-state index contributed by atoms with van der Waals surface area (Å²) in [5.41, 5.74) is 0. The summed E-state index contributed by atoms with van der Waals surface area (Å²) in [6.07, 6.45) is 0. The van der Waals surface area contributed by atoms with E-state index in [1.807, 2.05) is 0 Å². The van der Waals surface area contributed by atoms with Crippen LogP contribution in [0.3, 0.4) is 0 Å². The molecule has 1 atom stereocenters. The van der Waals surface area contributed by atoms with Gasteiger partial charge in [0.15, 0.2) is 6.04 Å². The molecule has 1 N–H and O–H groups in total. The number of aliphatic hydroxyl groups excluding tert-OH is 1. The summed E-state index contributed by atoms with van der Waals surface area (Å²) in [5, 5.41) is 8.39. The van der Waals surface area contributed by atoms with Crippen molar-refractivity contribution < 1.29 is 14.6 Å². The van der Waals surface area contributed by atoms with E-state index in [0.717, 1.165) is 0 Å². The van der Waals surface area contributed by atoms with Gasteiger partial charge in [0.1, 0.15) is 0 Å². The lowest BCUT2D eigenvalue weighted by Gasteiger charge is -2.03. The van der Waals surface area contributed by atoms with E-state index < -0.39 is 12.0 Å². The van der Waals surface area contributed by atoms with Gasteiger partial charge < -0.3 is 9.84 Å². The first-order valence-corrected chi connectivity index (χ1v) is 2.40. The van der Waals surface area contributed by atoms with Crippen LogP contribution in [0.1, 0.15) is 0 Å². The average Bonchev–Trinajstić information content (AvgIpc) is 1.90. The minimum absolute atomic E-state index is 0.351. The highest BCUT2D eigenvalue weighted by Crippen LogP contribution is 1.89. The van der Waals surface area contributed by atoms with Crippen LogP contribution in [0, 0.1) is 0 Å². The van der Waals surface area contributed by atoms with Crippen LogP contribution in [0.15, 0.2) is 4.99 Å². The van der Waals surface area contributed by atoms with Crippen LogP contribution < -0.4 is 0 Å². The minimum atomic E-state index is -0.824. The molecule has 0 aromatic carbocycles. The van der Waals surface area contributed by atoms with E-state index in [1.54, 1.807) is 0 Å². The number of carbonyl (C=O) groups excluding carboxylic acids is 1. The molecule has 0 aromatic rings. The van der Waals surface area contributed by atoms with E-state index in [-0.39, 0.29) is 6.61 Å². The topological polar surface area (TPSA) is 58.9 Å². The molecule has 52 valence electrons. The lowest BCUT2D eigenvalue weighted by Crippen LogP contribution is -2.23. The summed E-state index contributed by atoms with van der Waals surface area (Å²) in [4.78, 5) is 13.8. The Labute approximate surface area is 53.2 Å². The monoisotopic (exact) mass is 131 g/mol. The molecule has 0 unspecified atom stereocenters. The molecular weight excluding hydrogens is 122 g/mol. The molecule has 0 aromatic heterocycles. The summed E-state index contributed by atoms with van der Waals surface area (Å²) in [6, 6.07) is -0.824. The molecule has 0 aliphatic heterocycles. The maximum Gasteiger partial charge on any atom is 0.332 e. The maximum absolute atomic E-state index is 10.5. The first-order valence-electron chi connectivity index (χ1n) is 2.40. The first kappa shape index (κ1) is 8.10. The van der Waals surface area contributed by atoms with Crippen LogP contribution in [-0.4, -0.2) is 37.6 Å². The van der Waals surface area contributed by atoms with Gasteiger partial charge in [0.2, 0.25) is 0 Å². The Bertz CT molecular complexity index is 113. The SMILES string of the molecule is C=N[C@@H](CO)C(=O)OC. The van der Waals surface area contributed by atoms with Crippen molar-refractivity contribution in [3.05, 3.63) is 0 Å². The molecule has 0 radical (unpaired) electrons. The predicted molar refractivity (Wildman–Crippen MR) is 32.4 cm³/mol. The number of rotatable bonds is 3. The fraction of sp³-hybridized carbons (Fsp3) is 0.600. The van der Waals surface area contributed by atoms with Crippen LogP contribution in [0.5, 0.6) is 0 Å².